The SMILES string of the molecule is CCN1C(=O)c2c(/C=N/N(C)C)cc(C)c(C)c2C1=O. The Morgan fingerprint density at radius 3 is 2.35 bits per heavy atom. The molecule has 2 amide bonds. The standard InChI is InChI=1S/C15H19N3O2/c1-6-18-14(19)12-10(3)9(2)7-11(8-16-17(4)5)13(12)15(18)20/h7-8H,6H2,1-5H3/b16-8+. The van der Waals surface area contributed by atoms with Crippen molar-refractivity contribution in [3.05, 3.63) is 33.9 Å². The number of rotatable bonds is 3. The van der Waals surface area contributed by atoms with Crippen molar-refractivity contribution in [1.82, 2.24) is 9.91 Å². The second kappa shape index (κ2) is 5.07. The lowest BCUT2D eigenvalue weighted by atomic mass is 9.94. The number of fused-ring (bicyclic) bond motifs is 1. The van der Waals surface area contributed by atoms with Gasteiger partial charge in [-0.15, -0.1) is 0 Å². The van der Waals surface area contributed by atoms with Crippen LogP contribution in [0.4, 0.5) is 0 Å². The smallest absolute Gasteiger partial charge is 0.262 e. The van der Waals surface area contributed by atoms with Gasteiger partial charge in [-0.25, -0.2) is 0 Å². The molecule has 5 heteroatoms. The molecule has 0 spiro atoms. The third kappa shape index (κ3) is 2.09. The molecule has 1 aliphatic rings. The number of imide groups is 1. The van der Waals surface area contributed by atoms with E-state index >= 15 is 0 Å². The van der Waals surface area contributed by atoms with Gasteiger partial charge in [0.1, 0.15) is 0 Å². The summed E-state index contributed by atoms with van der Waals surface area (Å²) in [5.41, 5.74) is 3.56. The Morgan fingerprint density at radius 2 is 1.80 bits per heavy atom. The predicted octanol–water partition coefficient (Wildman–Crippen LogP) is 1.81. The normalized spacial score (nSPS) is 14.3. The second-order valence-electron chi connectivity index (χ2n) is 5.10. The van der Waals surface area contributed by atoms with Gasteiger partial charge in [0.15, 0.2) is 0 Å². The average Bonchev–Trinajstić information content (AvgIpc) is 2.64. The van der Waals surface area contributed by atoms with Crippen LogP contribution in [0.3, 0.4) is 0 Å². The lowest BCUT2D eigenvalue weighted by Gasteiger charge is -2.09. The van der Waals surface area contributed by atoms with Gasteiger partial charge in [0.05, 0.1) is 17.3 Å². The van der Waals surface area contributed by atoms with Crippen molar-refractivity contribution in [1.29, 1.82) is 0 Å². The van der Waals surface area contributed by atoms with Crippen LogP contribution in [0.2, 0.25) is 0 Å². The first-order valence-electron chi connectivity index (χ1n) is 6.60. The highest BCUT2D eigenvalue weighted by atomic mass is 16.2. The summed E-state index contributed by atoms with van der Waals surface area (Å²) in [5, 5.41) is 5.83. The number of benzene rings is 1. The van der Waals surface area contributed by atoms with Crippen LogP contribution in [0.5, 0.6) is 0 Å². The molecule has 1 aliphatic heterocycles. The van der Waals surface area contributed by atoms with Crippen molar-refractivity contribution < 1.29 is 9.59 Å². The molecule has 2 rings (SSSR count). The monoisotopic (exact) mass is 273 g/mol. The largest absolute Gasteiger partial charge is 0.303 e. The first-order chi connectivity index (χ1) is 9.38. The number of hydrogen-bond acceptors (Lipinski definition) is 4. The van der Waals surface area contributed by atoms with E-state index in [-0.39, 0.29) is 11.8 Å². The Labute approximate surface area is 118 Å². The molecule has 0 saturated heterocycles. The number of amides is 2. The zero-order valence-electron chi connectivity index (χ0n) is 12.5. The molecule has 0 N–H and O–H groups in total. The Morgan fingerprint density at radius 1 is 1.20 bits per heavy atom. The van der Waals surface area contributed by atoms with Gasteiger partial charge in [0.25, 0.3) is 11.8 Å². The number of aryl methyl sites for hydroxylation is 1. The molecule has 0 fully saturated rings. The summed E-state index contributed by atoms with van der Waals surface area (Å²) in [6.45, 7) is 6.01. The van der Waals surface area contributed by atoms with Crippen molar-refractivity contribution in [2.24, 2.45) is 5.10 Å². The Hall–Kier alpha value is -2.17. The maximum Gasteiger partial charge on any atom is 0.262 e. The fraction of sp³-hybridized carbons (Fsp3) is 0.400. The Bertz CT molecular complexity index is 618. The minimum Gasteiger partial charge on any atom is -0.303 e. The van der Waals surface area contributed by atoms with Gasteiger partial charge in [0.2, 0.25) is 0 Å². The fourth-order valence-corrected chi connectivity index (χ4v) is 2.37. The van der Waals surface area contributed by atoms with Crippen molar-refractivity contribution >= 4 is 18.0 Å². The first-order valence-corrected chi connectivity index (χ1v) is 6.60. The summed E-state index contributed by atoms with van der Waals surface area (Å²) < 4.78 is 0. The van der Waals surface area contributed by atoms with Gasteiger partial charge < -0.3 is 5.01 Å². The molecule has 1 heterocycles. The van der Waals surface area contributed by atoms with E-state index in [2.05, 4.69) is 5.10 Å². The molecule has 0 radical (unpaired) electrons. The van der Waals surface area contributed by atoms with E-state index in [0.29, 0.717) is 23.2 Å². The van der Waals surface area contributed by atoms with Gasteiger partial charge in [-0.05, 0) is 38.0 Å². The first kappa shape index (κ1) is 14.2. The van der Waals surface area contributed by atoms with Gasteiger partial charge in [0, 0.05) is 26.2 Å². The van der Waals surface area contributed by atoms with E-state index in [1.807, 2.05) is 34.0 Å². The molecule has 1 aromatic rings. The van der Waals surface area contributed by atoms with Crippen LogP contribution < -0.4 is 0 Å². The summed E-state index contributed by atoms with van der Waals surface area (Å²) in [6, 6.07) is 1.91. The quantitative estimate of drug-likeness (QED) is 0.479. The van der Waals surface area contributed by atoms with Gasteiger partial charge >= 0.3 is 0 Å². The molecule has 0 bridgehead atoms. The third-order valence-electron chi connectivity index (χ3n) is 3.54. The topological polar surface area (TPSA) is 53.0 Å². The highest BCUT2D eigenvalue weighted by Gasteiger charge is 2.38. The minimum absolute atomic E-state index is 0.201. The van der Waals surface area contributed by atoms with Crippen molar-refractivity contribution in [2.75, 3.05) is 20.6 Å². The molecule has 1 aromatic carbocycles. The molecular formula is C15H19N3O2. The van der Waals surface area contributed by atoms with E-state index in [1.54, 1.807) is 18.1 Å². The fourth-order valence-electron chi connectivity index (χ4n) is 2.37. The summed E-state index contributed by atoms with van der Waals surface area (Å²) >= 11 is 0. The van der Waals surface area contributed by atoms with Crippen molar-refractivity contribution in [2.45, 2.75) is 20.8 Å². The van der Waals surface area contributed by atoms with Crippen LogP contribution in [0, 0.1) is 13.8 Å². The average molecular weight is 273 g/mol. The summed E-state index contributed by atoms with van der Waals surface area (Å²) in [7, 11) is 3.62. The van der Waals surface area contributed by atoms with Crippen LogP contribution in [-0.2, 0) is 0 Å². The summed E-state index contributed by atoms with van der Waals surface area (Å²) in [6.07, 6.45) is 1.63. The number of hydrazone groups is 1. The maximum absolute atomic E-state index is 12.4. The molecule has 0 aliphatic carbocycles. The van der Waals surface area contributed by atoms with Gasteiger partial charge in [-0.1, -0.05) is 0 Å². The molecule has 5 nitrogen and oxygen atoms in total. The van der Waals surface area contributed by atoms with Gasteiger partial charge in [-0.3, -0.25) is 14.5 Å². The lowest BCUT2D eigenvalue weighted by Crippen LogP contribution is -2.29. The predicted molar refractivity (Wildman–Crippen MR) is 78.2 cm³/mol. The van der Waals surface area contributed by atoms with Crippen LogP contribution in [0.25, 0.3) is 0 Å². The second-order valence-corrected chi connectivity index (χ2v) is 5.10. The molecule has 20 heavy (non-hydrogen) atoms. The minimum atomic E-state index is -0.226. The molecule has 0 unspecified atom stereocenters. The highest BCUT2D eigenvalue weighted by molar-refractivity contribution is 6.24. The third-order valence-corrected chi connectivity index (χ3v) is 3.54. The van der Waals surface area contributed by atoms with Crippen LogP contribution in [0.15, 0.2) is 11.2 Å². The summed E-state index contributed by atoms with van der Waals surface area (Å²) in [4.78, 5) is 26.0. The molecule has 106 valence electrons. The van der Waals surface area contributed by atoms with E-state index in [0.717, 1.165) is 11.1 Å². The van der Waals surface area contributed by atoms with E-state index in [1.165, 1.54) is 4.90 Å². The molecule has 0 saturated carbocycles. The molecule has 0 atom stereocenters. The molecule has 0 aromatic heterocycles. The number of hydrogen-bond donors (Lipinski definition) is 0. The molecular weight excluding hydrogens is 254 g/mol. The Kier molecular flexibility index (Phi) is 3.61. The number of nitrogens with zero attached hydrogens (tertiary/aromatic N) is 3. The van der Waals surface area contributed by atoms with E-state index in [9.17, 15) is 9.59 Å². The number of carbonyl (C=O) groups excluding carboxylic acids is 2. The highest BCUT2D eigenvalue weighted by Crippen LogP contribution is 2.30. The lowest BCUT2D eigenvalue weighted by molar-refractivity contribution is 0.0662. The maximum atomic E-state index is 12.4. The number of carbonyl (C=O) groups is 2. The van der Waals surface area contributed by atoms with Crippen LogP contribution in [0.1, 0.15) is 44.3 Å². The zero-order valence-corrected chi connectivity index (χ0v) is 12.5. The van der Waals surface area contributed by atoms with Crippen LogP contribution >= 0.6 is 0 Å². The van der Waals surface area contributed by atoms with E-state index < -0.39 is 0 Å². The van der Waals surface area contributed by atoms with Crippen molar-refractivity contribution in [3.8, 4) is 0 Å². The van der Waals surface area contributed by atoms with Crippen LogP contribution in [-0.4, -0.2) is 48.6 Å². The summed E-state index contributed by atoms with van der Waals surface area (Å²) in [5.74, 6) is -0.427. The van der Waals surface area contributed by atoms with Crippen molar-refractivity contribution in [3.63, 3.8) is 0 Å². The van der Waals surface area contributed by atoms with Gasteiger partial charge in [-0.2, -0.15) is 5.10 Å². The Balaban J connectivity index is 2.68. The van der Waals surface area contributed by atoms with E-state index in [4.69, 9.17) is 0 Å². The zero-order chi connectivity index (χ0) is 15.0.